The summed E-state index contributed by atoms with van der Waals surface area (Å²) in [5, 5.41) is 27.4. The number of carbonyl (C=O) groups excluding carboxylic acids is 2. The number of amides is 2. The predicted octanol–water partition coefficient (Wildman–Crippen LogP) is 4.19. The molecule has 2 fully saturated rings. The summed E-state index contributed by atoms with van der Waals surface area (Å²) in [4.78, 5) is 41.3. The van der Waals surface area contributed by atoms with E-state index in [0.29, 0.717) is 28.4 Å². The Hall–Kier alpha value is -4.91. The summed E-state index contributed by atoms with van der Waals surface area (Å²) in [7, 11) is 0. The van der Waals surface area contributed by atoms with Crippen LogP contribution < -0.4 is 10.6 Å². The zero-order valence-corrected chi connectivity index (χ0v) is 26.2. The first kappa shape index (κ1) is 32.0. The van der Waals surface area contributed by atoms with Crippen molar-refractivity contribution < 1.29 is 24.2 Å². The predicted molar refractivity (Wildman–Crippen MR) is 175 cm³/mol. The van der Waals surface area contributed by atoms with E-state index >= 15 is 0 Å². The monoisotopic (exact) mass is 655 g/mol. The number of tetrazole rings is 1. The number of ether oxygens (including phenoxy) is 1. The Labute approximate surface area is 276 Å². The molecule has 47 heavy (non-hydrogen) atoms. The van der Waals surface area contributed by atoms with Gasteiger partial charge in [-0.1, -0.05) is 41.9 Å². The number of rotatable bonds is 9. The number of piperidine rings is 2. The van der Waals surface area contributed by atoms with Gasteiger partial charge in [-0.25, -0.2) is 4.79 Å². The summed E-state index contributed by atoms with van der Waals surface area (Å²) in [6.07, 6.45) is 6.53. The Morgan fingerprint density at radius 1 is 1.00 bits per heavy atom. The lowest BCUT2D eigenvalue weighted by Gasteiger charge is -2.44. The second-order valence-corrected chi connectivity index (χ2v) is 12.0. The minimum Gasteiger partial charge on any atom is -0.478 e. The number of anilines is 1. The lowest BCUT2D eigenvalue weighted by Crippen LogP contribution is -2.57. The molecule has 0 bridgehead atoms. The normalized spacial score (nSPS) is 20.3. The largest absolute Gasteiger partial charge is 0.478 e. The highest BCUT2D eigenvalue weighted by Gasteiger charge is 2.44. The first-order valence-electron chi connectivity index (χ1n) is 15.4. The standard InChI is InChI=1S/C34H34ClN7O5/c35-25-9-12-30(42-21-37-39-40-42)24(18-25)8-13-31(43)41-20-28(47-27-14-16-36-17-15-27)19-29(22-4-2-1-3-5-22)32(41)33(44)38-26-10-6-23(7-11-26)34(45)46/h1-13,18,21,27-29,32,36H,14-17,19-20H2,(H,38,44)(H,45,46)/t28-,29-,32-/m0/s1. The first-order valence-corrected chi connectivity index (χ1v) is 15.8. The van der Waals surface area contributed by atoms with Crippen molar-refractivity contribution in [3.8, 4) is 5.69 Å². The van der Waals surface area contributed by atoms with E-state index in [1.807, 2.05) is 30.3 Å². The Morgan fingerprint density at radius 3 is 2.47 bits per heavy atom. The summed E-state index contributed by atoms with van der Waals surface area (Å²) in [6, 6.07) is 19.9. The maximum Gasteiger partial charge on any atom is 0.335 e. The van der Waals surface area contributed by atoms with Gasteiger partial charge in [-0.05, 0) is 96.9 Å². The Balaban J connectivity index is 1.34. The Kier molecular flexibility index (Phi) is 10.0. The zero-order chi connectivity index (χ0) is 32.8. The highest BCUT2D eigenvalue weighted by Crippen LogP contribution is 2.36. The molecule has 0 unspecified atom stereocenters. The lowest BCUT2D eigenvalue weighted by atomic mass is 9.81. The van der Waals surface area contributed by atoms with Gasteiger partial charge in [0.05, 0.1) is 23.5 Å². The quantitative estimate of drug-likeness (QED) is 0.226. The number of halogens is 1. The fraction of sp³-hybridized carbons (Fsp3) is 0.294. The van der Waals surface area contributed by atoms with Gasteiger partial charge in [-0.2, -0.15) is 4.68 Å². The van der Waals surface area contributed by atoms with E-state index in [-0.39, 0.29) is 42.0 Å². The molecule has 2 aliphatic heterocycles. The molecule has 6 rings (SSSR count). The summed E-state index contributed by atoms with van der Waals surface area (Å²) in [5.74, 6) is -2.21. The number of hydrogen-bond acceptors (Lipinski definition) is 8. The van der Waals surface area contributed by atoms with Crippen LogP contribution in [0.15, 0.2) is 85.2 Å². The Bertz CT molecular complexity index is 1730. The maximum atomic E-state index is 14.2. The number of aromatic nitrogens is 4. The van der Waals surface area contributed by atoms with Crippen LogP contribution in [0.2, 0.25) is 5.02 Å². The van der Waals surface area contributed by atoms with Crippen LogP contribution in [0.5, 0.6) is 0 Å². The zero-order valence-electron chi connectivity index (χ0n) is 25.4. The molecule has 4 aromatic rings. The highest BCUT2D eigenvalue weighted by molar-refractivity contribution is 6.30. The van der Waals surface area contributed by atoms with Crippen LogP contribution >= 0.6 is 11.6 Å². The highest BCUT2D eigenvalue weighted by atomic mass is 35.5. The van der Waals surface area contributed by atoms with Crippen molar-refractivity contribution in [1.82, 2.24) is 30.4 Å². The van der Waals surface area contributed by atoms with E-state index in [4.69, 9.17) is 16.3 Å². The maximum absolute atomic E-state index is 14.2. The van der Waals surface area contributed by atoms with E-state index in [2.05, 4.69) is 26.2 Å². The number of likely N-dealkylation sites (tertiary alicyclic amines) is 1. The molecular weight excluding hydrogens is 622 g/mol. The van der Waals surface area contributed by atoms with Crippen LogP contribution in [0.4, 0.5) is 5.69 Å². The molecule has 12 nitrogen and oxygen atoms in total. The fourth-order valence-electron chi connectivity index (χ4n) is 6.22. The minimum absolute atomic E-state index is 0.0496. The molecule has 3 N–H and O–H groups in total. The van der Waals surface area contributed by atoms with Gasteiger partial charge < -0.3 is 25.4 Å². The van der Waals surface area contributed by atoms with Gasteiger partial charge in [-0.15, -0.1) is 5.10 Å². The van der Waals surface area contributed by atoms with Crippen molar-refractivity contribution in [1.29, 1.82) is 0 Å². The van der Waals surface area contributed by atoms with Crippen LogP contribution in [0.25, 0.3) is 11.8 Å². The topological polar surface area (TPSA) is 152 Å². The smallest absolute Gasteiger partial charge is 0.335 e. The molecule has 2 saturated heterocycles. The average Bonchev–Trinajstić information content (AvgIpc) is 3.63. The van der Waals surface area contributed by atoms with Crippen molar-refractivity contribution >= 4 is 41.1 Å². The molecule has 13 heteroatoms. The molecule has 2 aliphatic rings. The van der Waals surface area contributed by atoms with Crippen molar-refractivity contribution in [3.63, 3.8) is 0 Å². The second kappa shape index (κ2) is 14.7. The van der Waals surface area contributed by atoms with Gasteiger partial charge in [0.25, 0.3) is 0 Å². The molecular formula is C34H34ClN7O5. The van der Waals surface area contributed by atoms with Crippen molar-refractivity contribution in [3.05, 3.63) is 107 Å². The molecule has 2 amide bonds. The molecule has 0 aliphatic carbocycles. The molecule has 242 valence electrons. The summed E-state index contributed by atoms with van der Waals surface area (Å²) in [6.45, 7) is 1.93. The van der Waals surface area contributed by atoms with Crippen LogP contribution in [0.3, 0.4) is 0 Å². The molecule has 3 atom stereocenters. The summed E-state index contributed by atoms with van der Waals surface area (Å²) in [5.41, 5.74) is 2.66. The molecule has 0 spiro atoms. The Morgan fingerprint density at radius 2 is 1.77 bits per heavy atom. The van der Waals surface area contributed by atoms with Gasteiger partial charge in [-0.3, -0.25) is 9.59 Å². The van der Waals surface area contributed by atoms with E-state index in [0.717, 1.165) is 31.5 Å². The number of benzene rings is 3. The number of carbonyl (C=O) groups is 3. The van der Waals surface area contributed by atoms with Gasteiger partial charge >= 0.3 is 5.97 Å². The van der Waals surface area contributed by atoms with Crippen LogP contribution in [-0.2, 0) is 14.3 Å². The molecule has 0 radical (unpaired) electrons. The average molecular weight is 656 g/mol. The number of nitrogens with one attached hydrogen (secondary N) is 2. The SMILES string of the molecule is O=C(O)c1ccc(NC(=O)[C@@H]2[C@H](c3ccccc3)C[C@H](OC3CCNCC3)CN2C(=O)C=Cc2cc(Cl)ccc2-n2cnnn2)cc1. The third kappa shape index (κ3) is 7.74. The van der Waals surface area contributed by atoms with Crippen LogP contribution in [0, 0.1) is 0 Å². The van der Waals surface area contributed by atoms with E-state index in [1.165, 1.54) is 41.4 Å². The fourth-order valence-corrected chi connectivity index (χ4v) is 6.40. The summed E-state index contributed by atoms with van der Waals surface area (Å²) < 4.78 is 8.08. The third-order valence-corrected chi connectivity index (χ3v) is 8.71. The number of hydrogen-bond donors (Lipinski definition) is 3. The number of nitrogens with zero attached hydrogens (tertiary/aromatic N) is 5. The van der Waals surface area contributed by atoms with Crippen molar-refractivity contribution in [2.24, 2.45) is 0 Å². The second-order valence-electron chi connectivity index (χ2n) is 11.6. The van der Waals surface area contributed by atoms with Crippen molar-refractivity contribution in [2.45, 2.75) is 43.4 Å². The molecule has 1 aromatic heterocycles. The van der Waals surface area contributed by atoms with Gasteiger partial charge in [0.15, 0.2) is 0 Å². The number of carboxylic acid groups (broad SMARTS) is 1. The number of carboxylic acids is 1. The van der Waals surface area contributed by atoms with E-state index in [9.17, 15) is 19.5 Å². The van der Waals surface area contributed by atoms with E-state index < -0.39 is 12.0 Å². The summed E-state index contributed by atoms with van der Waals surface area (Å²) >= 11 is 6.31. The van der Waals surface area contributed by atoms with Crippen molar-refractivity contribution in [2.75, 3.05) is 25.0 Å². The minimum atomic E-state index is -1.06. The molecule has 3 heterocycles. The first-order chi connectivity index (χ1) is 22.9. The van der Waals surface area contributed by atoms with Gasteiger partial charge in [0.2, 0.25) is 11.8 Å². The van der Waals surface area contributed by atoms with Crippen LogP contribution in [0.1, 0.15) is 46.7 Å². The van der Waals surface area contributed by atoms with Gasteiger partial charge in [0.1, 0.15) is 12.4 Å². The third-order valence-electron chi connectivity index (χ3n) is 8.47. The number of aromatic carboxylic acids is 1. The van der Waals surface area contributed by atoms with Gasteiger partial charge in [0, 0.05) is 34.8 Å². The molecule has 0 saturated carbocycles. The lowest BCUT2D eigenvalue weighted by molar-refractivity contribution is -0.145. The van der Waals surface area contributed by atoms with Crippen LogP contribution in [-0.4, -0.2) is 85.9 Å². The molecule has 3 aromatic carbocycles. The van der Waals surface area contributed by atoms with E-state index in [1.54, 1.807) is 29.2 Å².